The van der Waals surface area contributed by atoms with Crippen molar-refractivity contribution in [3.63, 3.8) is 0 Å². The first-order valence-corrected chi connectivity index (χ1v) is 11.6. The second-order valence-corrected chi connectivity index (χ2v) is 7.69. The molecule has 0 saturated carbocycles. The van der Waals surface area contributed by atoms with Gasteiger partial charge in [0.2, 0.25) is 0 Å². The molecule has 0 radical (unpaired) electrons. The van der Waals surface area contributed by atoms with Gasteiger partial charge >= 0.3 is 5.97 Å². The van der Waals surface area contributed by atoms with Gasteiger partial charge in [-0.25, -0.2) is 0 Å². The van der Waals surface area contributed by atoms with Crippen molar-refractivity contribution in [2.75, 3.05) is 20.3 Å². The Morgan fingerprint density at radius 3 is 1.62 bits per heavy atom. The molecule has 0 aromatic heterocycles. The number of methoxy groups -OCH3 is 1. The van der Waals surface area contributed by atoms with E-state index in [-0.39, 0.29) is 5.78 Å². The fourth-order valence-electron chi connectivity index (χ4n) is 3.33. The summed E-state index contributed by atoms with van der Waals surface area (Å²) in [5.74, 6) is -1.91. The molecule has 0 aliphatic carbocycles. The predicted octanol–water partition coefficient (Wildman–Crippen LogP) is 6.92. The second-order valence-electron chi connectivity index (χ2n) is 7.69. The molecular weight excluding hydrogens is 364 g/mol. The van der Waals surface area contributed by atoms with Crippen molar-refractivity contribution in [2.45, 2.75) is 96.9 Å². The van der Waals surface area contributed by atoms with E-state index in [0.717, 1.165) is 25.7 Å². The Balaban J connectivity index is 2.59. The summed E-state index contributed by atoms with van der Waals surface area (Å²) in [4.78, 5) is 13.1. The van der Waals surface area contributed by atoms with Gasteiger partial charge in [0.05, 0.1) is 13.2 Å². The third kappa shape index (κ3) is 10.4. The van der Waals surface area contributed by atoms with Gasteiger partial charge < -0.3 is 14.2 Å². The minimum Gasteiger partial charge on any atom is -0.324 e. The molecule has 0 fully saturated rings. The summed E-state index contributed by atoms with van der Waals surface area (Å²) in [6.07, 6.45) is 13.9. The van der Waals surface area contributed by atoms with Crippen molar-refractivity contribution in [3.05, 3.63) is 35.9 Å². The lowest BCUT2D eigenvalue weighted by molar-refractivity contribution is -0.333. The highest BCUT2D eigenvalue weighted by molar-refractivity contribution is 6.00. The maximum absolute atomic E-state index is 13.1. The minimum atomic E-state index is -1.64. The van der Waals surface area contributed by atoms with Gasteiger partial charge in [0.25, 0.3) is 5.78 Å². The largest absolute Gasteiger partial charge is 0.351 e. The molecular formula is C25H42O4. The number of Topliss-reactive ketones (excluding diaryl/α,β-unsaturated/α-hetero) is 1. The third-order valence-corrected chi connectivity index (χ3v) is 5.16. The van der Waals surface area contributed by atoms with Crippen LogP contribution >= 0.6 is 0 Å². The first-order valence-electron chi connectivity index (χ1n) is 11.6. The summed E-state index contributed by atoms with van der Waals surface area (Å²) in [5.41, 5.74) is 0.542. The lowest BCUT2D eigenvalue weighted by Gasteiger charge is -2.30. The van der Waals surface area contributed by atoms with Crippen molar-refractivity contribution in [1.82, 2.24) is 0 Å². The smallest absolute Gasteiger partial charge is 0.324 e. The zero-order chi connectivity index (χ0) is 21.2. The van der Waals surface area contributed by atoms with Gasteiger partial charge in [-0.3, -0.25) is 4.79 Å². The van der Waals surface area contributed by atoms with E-state index in [1.165, 1.54) is 58.5 Å². The summed E-state index contributed by atoms with van der Waals surface area (Å²) in [7, 11) is 1.49. The zero-order valence-corrected chi connectivity index (χ0v) is 18.9. The minimum absolute atomic E-state index is 0.266. The highest BCUT2D eigenvalue weighted by Crippen LogP contribution is 2.23. The van der Waals surface area contributed by atoms with E-state index < -0.39 is 5.97 Å². The normalized spacial score (nSPS) is 11.7. The number of benzene rings is 1. The molecule has 0 bridgehead atoms. The van der Waals surface area contributed by atoms with Gasteiger partial charge in [0.15, 0.2) is 0 Å². The number of ether oxygens (including phenoxy) is 3. The van der Waals surface area contributed by atoms with Crippen LogP contribution in [0.2, 0.25) is 0 Å². The van der Waals surface area contributed by atoms with Crippen LogP contribution in [0.1, 0.15) is 101 Å². The Morgan fingerprint density at radius 2 is 1.17 bits per heavy atom. The maximum Gasteiger partial charge on any atom is 0.351 e. The molecule has 0 spiro atoms. The summed E-state index contributed by atoms with van der Waals surface area (Å²) in [6.45, 7) is 5.34. The Morgan fingerprint density at radius 1 is 0.724 bits per heavy atom. The van der Waals surface area contributed by atoms with E-state index >= 15 is 0 Å². The third-order valence-electron chi connectivity index (χ3n) is 5.16. The molecule has 0 amide bonds. The summed E-state index contributed by atoms with van der Waals surface area (Å²) in [6, 6.07) is 9.13. The first kappa shape index (κ1) is 25.8. The molecule has 0 saturated heterocycles. The number of carbonyl (C=O) groups excluding carboxylic acids is 1. The summed E-state index contributed by atoms with van der Waals surface area (Å²) >= 11 is 0. The van der Waals surface area contributed by atoms with Gasteiger partial charge in [-0.15, -0.1) is 0 Å². The molecule has 1 aromatic carbocycles. The van der Waals surface area contributed by atoms with E-state index in [0.29, 0.717) is 18.8 Å². The second kappa shape index (κ2) is 16.6. The summed E-state index contributed by atoms with van der Waals surface area (Å²) in [5, 5.41) is 0. The van der Waals surface area contributed by atoms with Crippen LogP contribution in [0, 0.1) is 0 Å². The van der Waals surface area contributed by atoms with Crippen molar-refractivity contribution in [3.8, 4) is 0 Å². The van der Waals surface area contributed by atoms with E-state index in [4.69, 9.17) is 14.2 Å². The maximum atomic E-state index is 13.1. The monoisotopic (exact) mass is 406 g/mol. The molecule has 0 heterocycles. The number of hydrogen-bond donors (Lipinski definition) is 0. The van der Waals surface area contributed by atoms with E-state index in [9.17, 15) is 4.79 Å². The quantitative estimate of drug-likeness (QED) is 0.142. The molecule has 1 aromatic rings. The van der Waals surface area contributed by atoms with Crippen LogP contribution < -0.4 is 0 Å². The van der Waals surface area contributed by atoms with Gasteiger partial charge in [0, 0.05) is 12.7 Å². The fourth-order valence-corrected chi connectivity index (χ4v) is 3.33. The molecule has 4 heteroatoms. The Kier molecular flexibility index (Phi) is 14.7. The van der Waals surface area contributed by atoms with E-state index in [1.807, 2.05) is 18.2 Å². The Labute approximate surface area is 178 Å². The van der Waals surface area contributed by atoms with Crippen molar-refractivity contribution in [2.24, 2.45) is 0 Å². The van der Waals surface area contributed by atoms with Gasteiger partial charge in [-0.2, -0.15) is 0 Å². The van der Waals surface area contributed by atoms with Crippen LogP contribution in [0.15, 0.2) is 30.3 Å². The molecule has 0 unspecified atom stereocenters. The SMILES string of the molecule is CCCCCCCCOC(OC)(OCCCCCCCC)C(=O)c1ccccc1. The number of carbonyl (C=O) groups is 1. The van der Waals surface area contributed by atoms with Crippen molar-refractivity contribution >= 4 is 5.78 Å². The van der Waals surface area contributed by atoms with Crippen LogP contribution in [-0.4, -0.2) is 32.1 Å². The topological polar surface area (TPSA) is 44.8 Å². The lowest BCUT2D eigenvalue weighted by Crippen LogP contribution is -2.47. The number of hydrogen-bond acceptors (Lipinski definition) is 4. The molecule has 166 valence electrons. The Hall–Kier alpha value is -1.23. The number of rotatable bonds is 19. The van der Waals surface area contributed by atoms with Crippen LogP contribution in [0.25, 0.3) is 0 Å². The van der Waals surface area contributed by atoms with E-state index in [2.05, 4.69) is 13.8 Å². The van der Waals surface area contributed by atoms with Crippen LogP contribution in [0.5, 0.6) is 0 Å². The first-order chi connectivity index (χ1) is 14.2. The molecule has 0 N–H and O–H groups in total. The molecule has 0 atom stereocenters. The van der Waals surface area contributed by atoms with Crippen molar-refractivity contribution < 1.29 is 19.0 Å². The molecule has 29 heavy (non-hydrogen) atoms. The van der Waals surface area contributed by atoms with Crippen molar-refractivity contribution in [1.29, 1.82) is 0 Å². The molecule has 0 aliphatic heterocycles. The average Bonchev–Trinajstić information content (AvgIpc) is 2.76. The Bertz CT molecular complexity index is 497. The predicted molar refractivity (Wildman–Crippen MR) is 119 cm³/mol. The summed E-state index contributed by atoms with van der Waals surface area (Å²) < 4.78 is 17.5. The standard InChI is InChI=1S/C25H42O4/c1-4-6-8-10-12-17-21-28-25(27-3,24(26)23-19-15-14-16-20-23)29-22-18-13-11-9-7-5-2/h14-16,19-20H,4-13,17-18,21-22H2,1-3H3. The number of unbranched alkanes of at least 4 members (excludes halogenated alkanes) is 10. The average molecular weight is 407 g/mol. The molecule has 0 aliphatic rings. The van der Waals surface area contributed by atoms with Crippen LogP contribution in [0.3, 0.4) is 0 Å². The van der Waals surface area contributed by atoms with Gasteiger partial charge in [-0.05, 0) is 12.8 Å². The zero-order valence-electron chi connectivity index (χ0n) is 18.9. The van der Waals surface area contributed by atoms with Crippen LogP contribution in [-0.2, 0) is 14.2 Å². The number of ketones is 1. The van der Waals surface area contributed by atoms with Crippen LogP contribution in [0.4, 0.5) is 0 Å². The lowest BCUT2D eigenvalue weighted by atomic mass is 10.1. The van der Waals surface area contributed by atoms with E-state index in [1.54, 1.807) is 12.1 Å². The highest BCUT2D eigenvalue weighted by Gasteiger charge is 2.42. The molecule has 4 nitrogen and oxygen atoms in total. The molecule has 1 rings (SSSR count). The van der Waals surface area contributed by atoms with Gasteiger partial charge in [-0.1, -0.05) is 108 Å². The highest BCUT2D eigenvalue weighted by atomic mass is 16.9. The fraction of sp³-hybridized carbons (Fsp3) is 0.720. The van der Waals surface area contributed by atoms with Gasteiger partial charge in [0.1, 0.15) is 0 Å².